The number of ether oxygens (including phenoxy) is 1. The first-order valence-electron chi connectivity index (χ1n) is 5.94. The van der Waals surface area contributed by atoms with E-state index in [9.17, 15) is 9.18 Å². The fourth-order valence-electron chi connectivity index (χ4n) is 1.86. The van der Waals surface area contributed by atoms with Gasteiger partial charge >= 0.3 is 0 Å². The molecule has 1 aromatic heterocycles. The quantitative estimate of drug-likeness (QED) is 0.755. The van der Waals surface area contributed by atoms with Crippen molar-refractivity contribution in [3.05, 3.63) is 24.3 Å². The average molecular weight is 252 g/mol. The zero-order valence-electron chi connectivity index (χ0n) is 10.8. The van der Waals surface area contributed by atoms with Crippen LogP contribution in [-0.2, 0) is 9.53 Å². The van der Waals surface area contributed by atoms with E-state index >= 15 is 0 Å². The normalized spacial score (nSPS) is 20.2. The van der Waals surface area contributed by atoms with Gasteiger partial charge < -0.3 is 9.64 Å². The standard InChI is InChI=1S/C13H17FN2O2/c1-13(2,3)11(17)12-16(6-7-18-12)9-4-5-10(14)15-8-9/h4-5,8,12H,6-7H2,1-3H3. The largest absolute Gasteiger partial charge is 0.349 e. The summed E-state index contributed by atoms with van der Waals surface area (Å²) in [5, 5.41) is 0. The predicted octanol–water partition coefficient (Wildman–Crippen LogP) is 2.00. The molecular formula is C13H17FN2O2. The summed E-state index contributed by atoms with van der Waals surface area (Å²) in [6.07, 6.45) is 0.824. The molecule has 2 heterocycles. The molecule has 18 heavy (non-hydrogen) atoms. The van der Waals surface area contributed by atoms with E-state index in [2.05, 4.69) is 4.98 Å². The molecule has 0 saturated carbocycles. The zero-order valence-corrected chi connectivity index (χ0v) is 10.8. The average Bonchev–Trinajstić information content (AvgIpc) is 2.76. The van der Waals surface area contributed by atoms with E-state index in [-0.39, 0.29) is 5.78 Å². The van der Waals surface area contributed by atoms with E-state index in [1.54, 1.807) is 6.07 Å². The molecule has 1 aliphatic heterocycles. The van der Waals surface area contributed by atoms with Crippen LogP contribution in [0.3, 0.4) is 0 Å². The van der Waals surface area contributed by atoms with Crippen molar-refractivity contribution in [3.8, 4) is 0 Å². The molecule has 4 nitrogen and oxygen atoms in total. The van der Waals surface area contributed by atoms with Crippen molar-refractivity contribution in [2.24, 2.45) is 5.41 Å². The van der Waals surface area contributed by atoms with E-state index in [0.717, 1.165) is 0 Å². The molecule has 1 atom stereocenters. The molecule has 0 amide bonds. The van der Waals surface area contributed by atoms with Crippen molar-refractivity contribution >= 4 is 11.5 Å². The van der Waals surface area contributed by atoms with Crippen LogP contribution in [0.2, 0.25) is 0 Å². The Morgan fingerprint density at radius 2 is 2.22 bits per heavy atom. The van der Waals surface area contributed by atoms with Gasteiger partial charge in [0.15, 0.2) is 12.0 Å². The van der Waals surface area contributed by atoms with Crippen molar-refractivity contribution < 1.29 is 13.9 Å². The first kappa shape index (κ1) is 13.0. The van der Waals surface area contributed by atoms with Crippen LogP contribution in [0.4, 0.5) is 10.1 Å². The zero-order chi connectivity index (χ0) is 13.3. The van der Waals surface area contributed by atoms with Gasteiger partial charge in [-0.15, -0.1) is 0 Å². The molecule has 0 spiro atoms. The van der Waals surface area contributed by atoms with Gasteiger partial charge in [-0.25, -0.2) is 4.98 Å². The lowest BCUT2D eigenvalue weighted by Gasteiger charge is -2.28. The van der Waals surface area contributed by atoms with Gasteiger partial charge in [-0.3, -0.25) is 4.79 Å². The summed E-state index contributed by atoms with van der Waals surface area (Å²) < 4.78 is 18.3. The minimum absolute atomic E-state index is 0.0179. The summed E-state index contributed by atoms with van der Waals surface area (Å²) in [6.45, 7) is 6.68. The number of ketones is 1. The van der Waals surface area contributed by atoms with Crippen molar-refractivity contribution in [3.63, 3.8) is 0 Å². The van der Waals surface area contributed by atoms with Gasteiger partial charge in [0.25, 0.3) is 0 Å². The van der Waals surface area contributed by atoms with Crippen molar-refractivity contribution in [1.82, 2.24) is 4.98 Å². The lowest BCUT2D eigenvalue weighted by Crippen LogP contribution is -2.43. The summed E-state index contributed by atoms with van der Waals surface area (Å²) in [6, 6.07) is 2.90. The number of carbonyl (C=O) groups is 1. The SMILES string of the molecule is CC(C)(C)C(=O)C1OCCN1c1ccc(F)nc1. The van der Waals surface area contributed by atoms with Crippen LogP contribution in [0, 0.1) is 11.4 Å². The smallest absolute Gasteiger partial charge is 0.212 e. The van der Waals surface area contributed by atoms with E-state index in [1.807, 2.05) is 25.7 Å². The maximum atomic E-state index is 12.8. The van der Waals surface area contributed by atoms with Crippen LogP contribution in [0.25, 0.3) is 0 Å². The Labute approximate surface area is 106 Å². The number of Topliss-reactive ketones (excluding diaryl/α,β-unsaturated/α-hetero) is 1. The van der Waals surface area contributed by atoms with Gasteiger partial charge in [0.1, 0.15) is 0 Å². The number of halogens is 1. The van der Waals surface area contributed by atoms with E-state index in [4.69, 9.17) is 4.74 Å². The molecule has 0 aromatic carbocycles. The summed E-state index contributed by atoms with van der Waals surface area (Å²) in [5.41, 5.74) is 0.234. The van der Waals surface area contributed by atoms with Gasteiger partial charge in [-0.2, -0.15) is 4.39 Å². The number of hydrogen-bond donors (Lipinski definition) is 0. The van der Waals surface area contributed by atoms with Crippen LogP contribution < -0.4 is 4.90 Å². The number of pyridine rings is 1. The summed E-state index contributed by atoms with van der Waals surface area (Å²) in [4.78, 5) is 17.7. The van der Waals surface area contributed by atoms with Gasteiger partial charge in [-0.1, -0.05) is 20.8 Å². The Balaban J connectivity index is 2.22. The molecule has 1 fully saturated rings. The Bertz CT molecular complexity index is 439. The number of carbonyl (C=O) groups excluding carboxylic acids is 1. The van der Waals surface area contributed by atoms with Crippen LogP contribution >= 0.6 is 0 Å². The van der Waals surface area contributed by atoms with Crippen molar-refractivity contribution in [2.45, 2.75) is 27.0 Å². The predicted molar refractivity (Wildman–Crippen MR) is 65.7 cm³/mol. The maximum Gasteiger partial charge on any atom is 0.212 e. The monoisotopic (exact) mass is 252 g/mol. The topological polar surface area (TPSA) is 42.4 Å². The van der Waals surface area contributed by atoms with Crippen LogP contribution in [0.1, 0.15) is 20.8 Å². The van der Waals surface area contributed by atoms with Crippen LogP contribution in [0.15, 0.2) is 18.3 Å². The fraction of sp³-hybridized carbons (Fsp3) is 0.538. The number of anilines is 1. The molecule has 1 unspecified atom stereocenters. The third kappa shape index (κ3) is 2.51. The highest BCUT2D eigenvalue weighted by molar-refractivity contribution is 5.90. The molecule has 0 N–H and O–H groups in total. The molecule has 0 aliphatic carbocycles. The molecule has 5 heteroatoms. The number of nitrogens with zero attached hydrogens (tertiary/aromatic N) is 2. The minimum Gasteiger partial charge on any atom is -0.349 e. The third-order valence-corrected chi connectivity index (χ3v) is 2.90. The first-order chi connectivity index (χ1) is 8.39. The number of hydrogen-bond acceptors (Lipinski definition) is 4. The highest BCUT2D eigenvalue weighted by Crippen LogP contribution is 2.27. The fourth-order valence-corrected chi connectivity index (χ4v) is 1.86. The van der Waals surface area contributed by atoms with Gasteiger partial charge in [0, 0.05) is 12.0 Å². The molecule has 98 valence electrons. The lowest BCUT2D eigenvalue weighted by molar-refractivity contribution is -0.135. The lowest BCUT2D eigenvalue weighted by atomic mass is 9.89. The van der Waals surface area contributed by atoms with Gasteiger partial charge in [-0.05, 0) is 12.1 Å². The molecule has 2 rings (SSSR count). The summed E-state index contributed by atoms with van der Waals surface area (Å²) in [5.74, 6) is -0.512. The highest BCUT2D eigenvalue weighted by Gasteiger charge is 2.38. The molecular weight excluding hydrogens is 235 g/mol. The highest BCUT2D eigenvalue weighted by atomic mass is 19.1. The Morgan fingerprint density at radius 3 is 2.78 bits per heavy atom. The third-order valence-electron chi connectivity index (χ3n) is 2.90. The number of rotatable bonds is 2. The maximum absolute atomic E-state index is 12.8. The van der Waals surface area contributed by atoms with Crippen LogP contribution in [0.5, 0.6) is 0 Å². The summed E-state index contributed by atoms with van der Waals surface area (Å²) in [7, 11) is 0. The molecule has 0 radical (unpaired) electrons. The van der Waals surface area contributed by atoms with E-state index in [0.29, 0.717) is 18.8 Å². The van der Waals surface area contributed by atoms with Gasteiger partial charge in [0.05, 0.1) is 18.5 Å². The molecule has 1 aliphatic rings. The second kappa shape index (κ2) is 4.65. The Kier molecular flexibility index (Phi) is 3.34. The Morgan fingerprint density at radius 1 is 1.50 bits per heavy atom. The second-order valence-corrected chi connectivity index (χ2v) is 5.37. The van der Waals surface area contributed by atoms with E-state index < -0.39 is 17.6 Å². The molecule has 1 saturated heterocycles. The second-order valence-electron chi connectivity index (χ2n) is 5.37. The van der Waals surface area contributed by atoms with E-state index in [1.165, 1.54) is 12.3 Å². The summed E-state index contributed by atoms with van der Waals surface area (Å²) >= 11 is 0. The molecule has 1 aromatic rings. The van der Waals surface area contributed by atoms with Crippen molar-refractivity contribution in [2.75, 3.05) is 18.1 Å². The molecule has 0 bridgehead atoms. The number of aromatic nitrogens is 1. The van der Waals surface area contributed by atoms with Gasteiger partial charge in [0.2, 0.25) is 5.95 Å². The van der Waals surface area contributed by atoms with Crippen LogP contribution in [-0.4, -0.2) is 30.1 Å². The minimum atomic E-state index is -0.600. The first-order valence-corrected chi connectivity index (χ1v) is 5.94. The van der Waals surface area contributed by atoms with Crippen molar-refractivity contribution in [1.29, 1.82) is 0 Å². The Hall–Kier alpha value is -1.49.